The predicted octanol–water partition coefficient (Wildman–Crippen LogP) is 3.90. The zero-order valence-corrected chi connectivity index (χ0v) is 12.0. The molecule has 3 aromatic rings. The summed E-state index contributed by atoms with van der Waals surface area (Å²) in [4.78, 5) is 3.80. The molecule has 0 aliphatic heterocycles. The van der Waals surface area contributed by atoms with Crippen molar-refractivity contribution in [3.05, 3.63) is 72.2 Å². The lowest BCUT2D eigenvalue weighted by atomic mass is 10.1. The van der Waals surface area contributed by atoms with Crippen LogP contribution in [0.15, 0.2) is 61.1 Å². The van der Waals surface area contributed by atoms with Gasteiger partial charge >= 0.3 is 6.18 Å². The number of anilines is 1. The third kappa shape index (κ3) is 3.33. The number of benzene rings is 1. The monoisotopic (exact) mass is 318 g/mol. The van der Waals surface area contributed by atoms with Gasteiger partial charge in [0.25, 0.3) is 0 Å². The van der Waals surface area contributed by atoms with Gasteiger partial charge in [-0.3, -0.25) is 0 Å². The lowest BCUT2D eigenvalue weighted by molar-refractivity contribution is -0.137. The Balaban J connectivity index is 1.86. The van der Waals surface area contributed by atoms with Crippen molar-refractivity contribution in [2.24, 2.45) is 0 Å². The van der Waals surface area contributed by atoms with Crippen molar-refractivity contribution in [3.8, 4) is 5.69 Å². The molecule has 0 bridgehead atoms. The Labute approximate surface area is 130 Å². The number of nitrogens with one attached hydrogen (secondary N) is 1. The van der Waals surface area contributed by atoms with Gasteiger partial charge in [0.05, 0.1) is 11.3 Å². The SMILES string of the molecule is FC(F)(F)c1cccnc1NCc1ccccc1-n1cccn1. The molecule has 1 aromatic carbocycles. The van der Waals surface area contributed by atoms with Gasteiger partial charge in [-0.1, -0.05) is 18.2 Å². The van der Waals surface area contributed by atoms with Crippen LogP contribution in [0.5, 0.6) is 0 Å². The quantitative estimate of drug-likeness (QED) is 0.793. The Morgan fingerprint density at radius 1 is 1.00 bits per heavy atom. The van der Waals surface area contributed by atoms with E-state index in [1.807, 2.05) is 24.3 Å². The number of nitrogens with zero attached hydrogens (tertiary/aromatic N) is 3. The maximum Gasteiger partial charge on any atom is 0.419 e. The number of pyridine rings is 1. The molecule has 0 unspecified atom stereocenters. The highest BCUT2D eigenvalue weighted by atomic mass is 19.4. The molecule has 2 aromatic heterocycles. The van der Waals surface area contributed by atoms with Crippen LogP contribution in [0, 0.1) is 0 Å². The van der Waals surface area contributed by atoms with E-state index in [9.17, 15) is 13.2 Å². The van der Waals surface area contributed by atoms with E-state index in [-0.39, 0.29) is 12.4 Å². The fraction of sp³-hybridized carbons (Fsp3) is 0.125. The third-order valence-corrected chi connectivity index (χ3v) is 3.30. The van der Waals surface area contributed by atoms with Crippen LogP contribution in [-0.4, -0.2) is 14.8 Å². The van der Waals surface area contributed by atoms with Gasteiger partial charge in [0.2, 0.25) is 0 Å². The average molecular weight is 318 g/mol. The van der Waals surface area contributed by atoms with E-state index in [4.69, 9.17) is 0 Å². The standard InChI is InChI=1S/C16H13F3N4/c17-16(18,19)13-6-3-8-20-15(13)21-11-12-5-1-2-7-14(12)23-10-4-9-22-23/h1-10H,11H2,(H,20,21). The van der Waals surface area contributed by atoms with Crippen LogP contribution in [0.2, 0.25) is 0 Å². The molecule has 23 heavy (non-hydrogen) atoms. The van der Waals surface area contributed by atoms with Gasteiger partial charge < -0.3 is 5.32 Å². The van der Waals surface area contributed by atoms with Crippen molar-refractivity contribution in [1.29, 1.82) is 0 Å². The molecule has 0 saturated heterocycles. The van der Waals surface area contributed by atoms with Gasteiger partial charge in [-0.25, -0.2) is 9.67 Å². The molecule has 0 fully saturated rings. The second-order valence-electron chi connectivity index (χ2n) is 4.83. The number of alkyl halides is 3. The van der Waals surface area contributed by atoms with Crippen LogP contribution in [0.4, 0.5) is 19.0 Å². The first kappa shape index (κ1) is 15.1. The Morgan fingerprint density at radius 2 is 1.83 bits per heavy atom. The maximum atomic E-state index is 13.0. The maximum absolute atomic E-state index is 13.0. The zero-order valence-electron chi connectivity index (χ0n) is 12.0. The van der Waals surface area contributed by atoms with Crippen molar-refractivity contribution < 1.29 is 13.2 Å². The van der Waals surface area contributed by atoms with Crippen molar-refractivity contribution in [2.75, 3.05) is 5.32 Å². The van der Waals surface area contributed by atoms with E-state index >= 15 is 0 Å². The Bertz CT molecular complexity index is 782. The predicted molar refractivity (Wildman–Crippen MR) is 80.1 cm³/mol. The number of aromatic nitrogens is 3. The fourth-order valence-electron chi connectivity index (χ4n) is 2.25. The molecular weight excluding hydrogens is 305 g/mol. The van der Waals surface area contributed by atoms with Crippen LogP contribution >= 0.6 is 0 Å². The minimum Gasteiger partial charge on any atom is -0.365 e. The van der Waals surface area contributed by atoms with Crippen LogP contribution in [0.25, 0.3) is 5.69 Å². The molecule has 0 spiro atoms. The first-order valence-corrected chi connectivity index (χ1v) is 6.90. The highest BCUT2D eigenvalue weighted by Crippen LogP contribution is 2.33. The molecule has 0 atom stereocenters. The third-order valence-electron chi connectivity index (χ3n) is 3.30. The van der Waals surface area contributed by atoms with Crippen molar-refractivity contribution in [3.63, 3.8) is 0 Å². The second-order valence-corrected chi connectivity index (χ2v) is 4.83. The number of rotatable bonds is 4. The lowest BCUT2D eigenvalue weighted by Gasteiger charge is -2.15. The van der Waals surface area contributed by atoms with Crippen LogP contribution < -0.4 is 5.32 Å². The van der Waals surface area contributed by atoms with Gasteiger partial charge in [0, 0.05) is 25.1 Å². The number of para-hydroxylation sites is 1. The van der Waals surface area contributed by atoms with E-state index < -0.39 is 11.7 Å². The number of hydrogen-bond acceptors (Lipinski definition) is 3. The minimum atomic E-state index is -4.45. The molecule has 0 aliphatic rings. The largest absolute Gasteiger partial charge is 0.419 e. The van der Waals surface area contributed by atoms with E-state index in [0.29, 0.717) is 0 Å². The van der Waals surface area contributed by atoms with Crippen LogP contribution in [0.1, 0.15) is 11.1 Å². The summed E-state index contributed by atoms with van der Waals surface area (Å²) >= 11 is 0. The zero-order chi connectivity index (χ0) is 16.3. The molecule has 0 radical (unpaired) electrons. The second kappa shape index (κ2) is 6.12. The lowest BCUT2D eigenvalue weighted by Crippen LogP contribution is -2.13. The van der Waals surface area contributed by atoms with Gasteiger partial charge in [-0.05, 0) is 29.8 Å². The van der Waals surface area contributed by atoms with Crippen molar-refractivity contribution in [1.82, 2.24) is 14.8 Å². The Hall–Kier alpha value is -2.83. The Kier molecular flexibility index (Phi) is 4.01. The molecule has 7 heteroatoms. The summed E-state index contributed by atoms with van der Waals surface area (Å²) in [5.41, 5.74) is 0.834. The molecule has 0 aliphatic carbocycles. The summed E-state index contributed by atoms with van der Waals surface area (Å²) in [5.74, 6) is -0.185. The van der Waals surface area contributed by atoms with E-state index in [1.54, 1.807) is 23.1 Å². The summed E-state index contributed by atoms with van der Waals surface area (Å²) < 4.78 is 40.6. The summed E-state index contributed by atoms with van der Waals surface area (Å²) in [6.45, 7) is 0.204. The number of hydrogen-bond donors (Lipinski definition) is 1. The molecule has 118 valence electrons. The molecule has 4 nitrogen and oxygen atoms in total. The molecular formula is C16H13F3N4. The summed E-state index contributed by atoms with van der Waals surface area (Å²) in [5, 5.41) is 6.92. The van der Waals surface area contributed by atoms with Crippen molar-refractivity contribution >= 4 is 5.82 Å². The van der Waals surface area contributed by atoms with Crippen LogP contribution in [-0.2, 0) is 12.7 Å². The topological polar surface area (TPSA) is 42.7 Å². The molecule has 0 amide bonds. The van der Waals surface area contributed by atoms with E-state index in [0.717, 1.165) is 17.3 Å². The Morgan fingerprint density at radius 3 is 2.57 bits per heavy atom. The van der Waals surface area contributed by atoms with Gasteiger partial charge in [0.15, 0.2) is 0 Å². The first-order chi connectivity index (χ1) is 11.1. The van der Waals surface area contributed by atoms with Gasteiger partial charge in [-0.2, -0.15) is 18.3 Å². The highest BCUT2D eigenvalue weighted by molar-refractivity contribution is 5.48. The molecule has 1 N–H and O–H groups in total. The van der Waals surface area contributed by atoms with Crippen molar-refractivity contribution in [2.45, 2.75) is 12.7 Å². The minimum absolute atomic E-state index is 0.185. The summed E-state index contributed by atoms with van der Waals surface area (Å²) in [7, 11) is 0. The van der Waals surface area contributed by atoms with E-state index in [1.165, 1.54) is 12.3 Å². The first-order valence-electron chi connectivity index (χ1n) is 6.90. The summed E-state index contributed by atoms with van der Waals surface area (Å²) in [6.07, 6.45) is 0.306. The normalized spacial score (nSPS) is 11.4. The van der Waals surface area contributed by atoms with Crippen LogP contribution in [0.3, 0.4) is 0 Å². The molecule has 2 heterocycles. The number of halogens is 3. The molecule has 0 saturated carbocycles. The molecule has 3 rings (SSSR count). The van der Waals surface area contributed by atoms with Gasteiger partial charge in [0.1, 0.15) is 5.82 Å². The fourth-order valence-corrected chi connectivity index (χ4v) is 2.25. The van der Waals surface area contributed by atoms with E-state index in [2.05, 4.69) is 15.4 Å². The average Bonchev–Trinajstić information content (AvgIpc) is 3.07. The summed E-state index contributed by atoms with van der Waals surface area (Å²) in [6, 6.07) is 11.4. The highest BCUT2D eigenvalue weighted by Gasteiger charge is 2.34. The van der Waals surface area contributed by atoms with Gasteiger partial charge in [-0.15, -0.1) is 0 Å². The smallest absolute Gasteiger partial charge is 0.365 e.